The highest BCUT2D eigenvalue weighted by Crippen LogP contribution is 2.32. The van der Waals surface area contributed by atoms with Crippen LogP contribution in [0.5, 0.6) is 0 Å². The smallest absolute Gasteiger partial charge is 0.268 e. The summed E-state index contributed by atoms with van der Waals surface area (Å²) in [6.07, 6.45) is 4.35. The van der Waals surface area contributed by atoms with Crippen LogP contribution in [0.2, 0.25) is 0 Å². The maximum atomic E-state index is 12.6. The summed E-state index contributed by atoms with van der Waals surface area (Å²) in [6.45, 7) is 0.655. The largest absolute Gasteiger partial charge is 0.322 e. The number of carbonyl (C=O) groups is 2. The number of aromatic nitrogens is 1. The molecule has 3 heterocycles. The number of carbonyl (C=O) groups excluding carboxylic acids is 2. The number of thiophene rings is 1. The molecule has 0 radical (unpaired) electrons. The molecule has 1 aliphatic heterocycles. The van der Waals surface area contributed by atoms with Crippen molar-refractivity contribution in [2.75, 3.05) is 23.0 Å². The van der Waals surface area contributed by atoms with Crippen LogP contribution in [-0.2, 0) is 6.42 Å². The standard InChI is InChI=1S/C20H17N3O2S2/c1-26-19-15(4-2-9-21-19)18(24)22-14-6-7-16-13(12-14)8-10-23(16)20(25)17-5-3-11-27-17/h2-7,9,11-12H,8,10H2,1H3,(H,22,24). The maximum Gasteiger partial charge on any atom is 0.268 e. The van der Waals surface area contributed by atoms with Gasteiger partial charge >= 0.3 is 0 Å². The molecule has 0 fully saturated rings. The number of hydrogen-bond donors (Lipinski definition) is 1. The molecule has 3 aromatic rings. The molecule has 1 aromatic carbocycles. The number of anilines is 2. The van der Waals surface area contributed by atoms with Crippen LogP contribution in [0.3, 0.4) is 0 Å². The number of thioether (sulfide) groups is 1. The molecule has 2 aromatic heterocycles. The van der Waals surface area contributed by atoms with E-state index in [4.69, 9.17) is 0 Å². The second-order valence-electron chi connectivity index (χ2n) is 6.04. The van der Waals surface area contributed by atoms with Gasteiger partial charge in [0.05, 0.1) is 10.4 Å². The van der Waals surface area contributed by atoms with Crippen LogP contribution in [0, 0.1) is 0 Å². The van der Waals surface area contributed by atoms with E-state index in [9.17, 15) is 9.59 Å². The van der Waals surface area contributed by atoms with Crippen LogP contribution >= 0.6 is 23.1 Å². The van der Waals surface area contributed by atoms with Crippen molar-refractivity contribution < 1.29 is 9.59 Å². The lowest BCUT2D eigenvalue weighted by atomic mass is 10.1. The average Bonchev–Trinajstić information content (AvgIpc) is 3.37. The normalized spacial score (nSPS) is 12.7. The minimum atomic E-state index is -0.183. The van der Waals surface area contributed by atoms with E-state index in [-0.39, 0.29) is 11.8 Å². The summed E-state index contributed by atoms with van der Waals surface area (Å²) in [5.41, 5.74) is 3.26. The number of amides is 2. The second-order valence-corrected chi connectivity index (χ2v) is 7.78. The monoisotopic (exact) mass is 395 g/mol. The Labute approximate surface area is 165 Å². The van der Waals surface area contributed by atoms with Crippen LogP contribution in [0.25, 0.3) is 0 Å². The van der Waals surface area contributed by atoms with Crippen molar-refractivity contribution in [2.45, 2.75) is 11.4 Å². The van der Waals surface area contributed by atoms with Crippen molar-refractivity contribution in [2.24, 2.45) is 0 Å². The molecule has 4 rings (SSSR count). The van der Waals surface area contributed by atoms with Gasteiger partial charge in [0.15, 0.2) is 0 Å². The predicted molar refractivity (Wildman–Crippen MR) is 110 cm³/mol. The van der Waals surface area contributed by atoms with E-state index in [1.54, 1.807) is 23.2 Å². The lowest BCUT2D eigenvalue weighted by molar-refractivity contribution is 0.0991. The summed E-state index contributed by atoms with van der Waals surface area (Å²) in [5, 5.41) is 5.55. The summed E-state index contributed by atoms with van der Waals surface area (Å²) >= 11 is 2.89. The van der Waals surface area contributed by atoms with E-state index in [0.29, 0.717) is 17.1 Å². The SMILES string of the molecule is CSc1ncccc1C(=O)Nc1ccc2c(c1)CCN2C(=O)c1cccs1. The van der Waals surface area contributed by atoms with E-state index >= 15 is 0 Å². The minimum Gasteiger partial charge on any atom is -0.322 e. The fourth-order valence-corrected chi connectivity index (χ4v) is 4.37. The van der Waals surface area contributed by atoms with Gasteiger partial charge in [0.25, 0.3) is 11.8 Å². The molecule has 5 nitrogen and oxygen atoms in total. The fourth-order valence-electron chi connectivity index (χ4n) is 3.15. The van der Waals surface area contributed by atoms with E-state index < -0.39 is 0 Å². The molecule has 136 valence electrons. The van der Waals surface area contributed by atoms with Crippen molar-refractivity contribution in [3.05, 3.63) is 70.0 Å². The lowest BCUT2D eigenvalue weighted by Gasteiger charge is -2.17. The van der Waals surface area contributed by atoms with Crippen molar-refractivity contribution in [3.63, 3.8) is 0 Å². The molecule has 0 atom stereocenters. The maximum absolute atomic E-state index is 12.6. The van der Waals surface area contributed by atoms with Crippen molar-refractivity contribution in [3.8, 4) is 0 Å². The summed E-state index contributed by atoms with van der Waals surface area (Å²) in [4.78, 5) is 32.0. The fraction of sp³-hybridized carbons (Fsp3) is 0.150. The van der Waals surface area contributed by atoms with Crippen LogP contribution in [0.1, 0.15) is 25.6 Å². The molecular formula is C20H17N3O2S2. The van der Waals surface area contributed by atoms with Crippen LogP contribution in [-0.4, -0.2) is 29.6 Å². The third-order valence-corrected chi connectivity index (χ3v) is 5.99. The van der Waals surface area contributed by atoms with Crippen LogP contribution < -0.4 is 10.2 Å². The molecule has 27 heavy (non-hydrogen) atoms. The van der Waals surface area contributed by atoms with Gasteiger partial charge in [-0.3, -0.25) is 9.59 Å². The molecular weight excluding hydrogens is 378 g/mol. The molecule has 0 aliphatic carbocycles. The quantitative estimate of drug-likeness (QED) is 0.668. The van der Waals surface area contributed by atoms with Crippen molar-refractivity contribution >= 4 is 46.3 Å². The molecule has 7 heteroatoms. The number of hydrogen-bond acceptors (Lipinski definition) is 5. The number of rotatable bonds is 4. The number of pyridine rings is 1. The summed E-state index contributed by atoms with van der Waals surface area (Å²) in [6, 6.07) is 12.9. The van der Waals surface area contributed by atoms with Gasteiger partial charge < -0.3 is 10.2 Å². The van der Waals surface area contributed by atoms with Gasteiger partial charge in [-0.25, -0.2) is 4.98 Å². The summed E-state index contributed by atoms with van der Waals surface area (Å²) in [7, 11) is 0. The molecule has 1 aliphatic rings. The molecule has 0 spiro atoms. The zero-order valence-electron chi connectivity index (χ0n) is 14.6. The first-order valence-corrected chi connectivity index (χ1v) is 10.6. The summed E-state index contributed by atoms with van der Waals surface area (Å²) in [5.74, 6) is -0.155. The van der Waals surface area contributed by atoms with Gasteiger partial charge in [0.2, 0.25) is 0 Å². The summed E-state index contributed by atoms with van der Waals surface area (Å²) < 4.78 is 0. The number of nitrogens with zero attached hydrogens (tertiary/aromatic N) is 2. The third-order valence-electron chi connectivity index (χ3n) is 4.42. The third kappa shape index (κ3) is 3.48. The predicted octanol–water partition coefficient (Wildman–Crippen LogP) is 4.32. The Morgan fingerprint density at radius 3 is 2.89 bits per heavy atom. The van der Waals surface area contributed by atoms with Crippen LogP contribution in [0.4, 0.5) is 11.4 Å². The molecule has 0 bridgehead atoms. The Morgan fingerprint density at radius 1 is 1.22 bits per heavy atom. The first-order valence-electron chi connectivity index (χ1n) is 8.46. The highest BCUT2D eigenvalue weighted by Gasteiger charge is 2.26. The van der Waals surface area contributed by atoms with Gasteiger partial charge in [-0.2, -0.15) is 0 Å². The minimum absolute atomic E-state index is 0.0282. The van der Waals surface area contributed by atoms with Gasteiger partial charge in [0, 0.05) is 24.1 Å². The Bertz CT molecular complexity index is 1000. The topological polar surface area (TPSA) is 62.3 Å². The van der Waals surface area contributed by atoms with Crippen molar-refractivity contribution in [1.82, 2.24) is 4.98 Å². The Kier molecular flexibility index (Phi) is 4.96. The van der Waals surface area contributed by atoms with E-state index in [2.05, 4.69) is 10.3 Å². The van der Waals surface area contributed by atoms with Gasteiger partial charge in [-0.05, 0) is 60.0 Å². The van der Waals surface area contributed by atoms with Gasteiger partial charge in [-0.1, -0.05) is 6.07 Å². The molecule has 2 amide bonds. The Balaban J connectivity index is 1.54. The molecule has 0 saturated carbocycles. The Morgan fingerprint density at radius 2 is 2.11 bits per heavy atom. The average molecular weight is 396 g/mol. The molecule has 0 saturated heterocycles. The first kappa shape index (κ1) is 17.8. The molecule has 1 N–H and O–H groups in total. The van der Waals surface area contributed by atoms with Crippen molar-refractivity contribution in [1.29, 1.82) is 0 Å². The van der Waals surface area contributed by atoms with E-state index in [0.717, 1.165) is 28.2 Å². The van der Waals surface area contributed by atoms with E-state index in [1.165, 1.54) is 23.1 Å². The van der Waals surface area contributed by atoms with E-state index in [1.807, 2.05) is 42.0 Å². The number of nitrogens with one attached hydrogen (secondary N) is 1. The van der Waals surface area contributed by atoms with Crippen LogP contribution in [0.15, 0.2) is 59.1 Å². The zero-order valence-corrected chi connectivity index (χ0v) is 16.3. The second kappa shape index (κ2) is 7.54. The number of benzene rings is 1. The Hall–Kier alpha value is -2.64. The highest BCUT2D eigenvalue weighted by atomic mass is 32.2. The van der Waals surface area contributed by atoms with Gasteiger partial charge in [0.1, 0.15) is 5.03 Å². The first-order chi connectivity index (χ1) is 13.2. The van der Waals surface area contributed by atoms with Gasteiger partial charge in [-0.15, -0.1) is 23.1 Å². The number of fused-ring (bicyclic) bond motifs is 1. The highest BCUT2D eigenvalue weighted by molar-refractivity contribution is 7.98. The molecule has 0 unspecified atom stereocenters. The zero-order chi connectivity index (χ0) is 18.8. The lowest BCUT2D eigenvalue weighted by Crippen LogP contribution is -2.28.